The van der Waals surface area contributed by atoms with Gasteiger partial charge in [-0.05, 0) is 42.0 Å². The Morgan fingerprint density at radius 1 is 1.14 bits per heavy atom. The lowest BCUT2D eigenvalue weighted by Gasteiger charge is -2.24. The van der Waals surface area contributed by atoms with Gasteiger partial charge in [-0.2, -0.15) is 0 Å². The van der Waals surface area contributed by atoms with Gasteiger partial charge in [-0.3, -0.25) is 14.6 Å². The fourth-order valence-electron chi connectivity index (χ4n) is 3.30. The molecule has 140 valence electrons. The first-order valence-corrected chi connectivity index (χ1v) is 9.32. The van der Waals surface area contributed by atoms with Crippen LogP contribution in [-0.2, 0) is 16.1 Å². The van der Waals surface area contributed by atoms with Crippen LogP contribution < -0.4 is 0 Å². The number of hydrogen-bond donors (Lipinski definition) is 1. The first-order valence-electron chi connectivity index (χ1n) is 8.53. The van der Waals surface area contributed by atoms with Crippen LogP contribution in [0.15, 0.2) is 81.7 Å². The molecule has 3 heterocycles. The summed E-state index contributed by atoms with van der Waals surface area (Å²) in [6.45, 7) is 0.113. The third-order valence-corrected chi connectivity index (χ3v) is 5.06. The lowest BCUT2D eigenvalue weighted by Crippen LogP contribution is -2.29. The van der Waals surface area contributed by atoms with Gasteiger partial charge < -0.3 is 14.4 Å². The van der Waals surface area contributed by atoms with Crippen molar-refractivity contribution < 1.29 is 19.1 Å². The van der Waals surface area contributed by atoms with Crippen LogP contribution in [0.4, 0.5) is 0 Å². The Hall–Kier alpha value is -3.19. The molecule has 1 saturated heterocycles. The summed E-state index contributed by atoms with van der Waals surface area (Å²) in [4.78, 5) is 31.0. The highest BCUT2D eigenvalue weighted by Gasteiger charge is 2.46. The van der Waals surface area contributed by atoms with Gasteiger partial charge >= 0.3 is 0 Å². The Morgan fingerprint density at radius 2 is 1.93 bits per heavy atom. The van der Waals surface area contributed by atoms with Gasteiger partial charge in [0.05, 0.1) is 24.4 Å². The smallest absolute Gasteiger partial charge is 0.296 e. The molecule has 0 spiro atoms. The molecule has 7 heteroatoms. The molecule has 1 fully saturated rings. The van der Waals surface area contributed by atoms with E-state index in [0.29, 0.717) is 16.9 Å². The van der Waals surface area contributed by atoms with Crippen molar-refractivity contribution in [3.63, 3.8) is 0 Å². The zero-order valence-electron chi connectivity index (χ0n) is 14.6. The Kier molecular flexibility index (Phi) is 4.83. The normalized spacial score (nSPS) is 18.6. The van der Waals surface area contributed by atoms with Crippen molar-refractivity contribution in [2.24, 2.45) is 0 Å². The number of Topliss-reactive ketones (excluding diaryl/α,β-unsaturated/α-hetero) is 1. The van der Waals surface area contributed by atoms with Crippen LogP contribution in [0.5, 0.6) is 0 Å². The van der Waals surface area contributed by atoms with Crippen LogP contribution in [0.1, 0.15) is 22.9 Å². The molecule has 1 aliphatic heterocycles. The molecule has 0 aliphatic carbocycles. The molecule has 1 aromatic carbocycles. The number of nitrogens with zero attached hydrogens (tertiary/aromatic N) is 2. The Morgan fingerprint density at radius 3 is 2.61 bits per heavy atom. The average molecular weight is 439 g/mol. The fraction of sp³-hybridized carbons (Fsp3) is 0.0952. The van der Waals surface area contributed by atoms with E-state index in [4.69, 9.17) is 4.42 Å². The van der Waals surface area contributed by atoms with E-state index in [1.807, 2.05) is 24.3 Å². The molecule has 3 aromatic rings. The molecule has 0 radical (unpaired) electrons. The molecule has 2 aromatic heterocycles. The summed E-state index contributed by atoms with van der Waals surface area (Å²) in [6, 6.07) is 13.2. The highest BCUT2D eigenvalue weighted by Crippen LogP contribution is 2.40. The number of aliphatic hydroxyl groups is 1. The molecule has 1 N–H and O–H groups in total. The van der Waals surface area contributed by atoms with Crippen LogP contribution in [0.3, 0.4) is 0 Å². The van der Waals surface area contributed by atoms with Crippen molar-refractivity contribution in [1.82, 2.24) is 9.88 Å². The maximum Gasteiger partial charge on any atom is 0.296 e. The SMILES string of the molecule is O=C1C(=O)N(Cc2ccco2)C(c2cccc(Br)c2)/C1=C(\O)c1ccncc1. The number of carbonyl (C=O) groups excluding carboxylic acids is 2. The fourth-order valence-corrected chi connectivity index (χ4v) is 3.72. The van der Waals surface area contributed by atoms with Gasteiger partial charge in [0.1, 0.15) is 11.5 Å². The topological polar surface area (TPSA) is 83.6 Å². The van der Waals surface area contributed by atoms with E-state index >= 15 is 0 Å². The maximum absolute atomic E-state index is 12.9. The molecule has 1 atom stereocenters. The Balaban J connectivity index is 1.88. The third-order valence-electron chi connectivity index (χ3n) is 4.56. The highest BCUT2D eigenvalue weighted by molar-refractivity contribution is 9.10. The monoisotopic (exact) mass is 438 g/mol. The summed E-state index contributed by atoms with van der Waals surface area (Å²) in [5.74, 6) is -1.10. The minimum absolute atomic E-state index is 0.0425. The largest absolute Gasteiger partial charge is 0.507 e. The Labute approximate surface area is 169 Å². The maximum atomic E-state index is 12.9. The number of aromatic nitrogens is 1. The van der Waals surface area contributed by atoms with Crippen molar-refractivity contribution in [1.29, 1.82) is 0 Å². The molecule has 1 aliphatic rings. The summed E-state index contributed by atoms with van der Waals surface area (Å²) >= 11 is 3.43. The lowest BCUT2D eigenvalue weighted by atomic mass is 9.95. The quantitative estimate of drug-likeness (QED) is 0.377. The second kappa shape index (κ2) is 7.44. The van der Waals surface area contributed by atoms with Gasteiger partial charge in [-0.25, -0.2) is 0 Å². The highest BCUT2D eigenvalue weighted by atomic mass is 79.9. The number of furan rings is 1. The number of benzene rings is 1. The second-order valence-corrected chi connectivity index (χ2v) is 7.21. The van der Waals surface area contributed by atoms with E-state index in [0.717, 1.165) is 4.47 Å². The summed E-state index contributed by atoms with van der Waals surface area (Å²) in [7, 11) is 0. The van der Waals surface area contributed by atoms with E-state index in [1.165, 1.54) is 23.6 Å². The van der Waals surface area contributed by atoms with Gasteiger partial charge in [0.15, 0.2) is 0 Å². The first-order chi connectivity index (χ1) is 13.6. The van der Waals surface area contributed by atoms with Crippen LogP contribution in [0.25, 0.3) is 5.76 Å². The van der Waals surface area contributed by atoms with Crippen LogP contribution in [0, 0.1) is 0 Å². The van der Waals surface area contributed by atoms with Gasteiger partial charge in [-0.15, -0.1) is 0 Å². The van der Waals surface area contributed by atoms with E-state index in [2.05, 4.69) is 20.9 Å². The number of likely N-dealkylation sites (tertiary alicyclic amines) is 1. The van der Waals surface area contributed by atoms with E-state index in [-0.39, 0.29) is 17.9 Å². The van der Waals surface area contributed by atoms with Crippen LogP contribution >= 0.6 is 15.9 Å². The van der Waals surface area contributed by atoms with Crippen molar-refractivity contribution in [3.8, 4) is 0 Å². The number of pyridine rings is 1. The predicted molar refractivity (Wildman–Crippen MR) is 105 cm³/mol. The summed E-state index contributed by atoms with van der Waals surface area (Å²) in [5.41, 5.74) is 1.17. The van der Waals surface area contributed by atoms with Crippen molar-refractivity contribution >= 4 is 33.4 Å². The van der Waals surface area contributed by atoms with E-state index in [9.17, 15) is 14.7 Å². The number of halogens is 1. The van der Waals surface area contributed by atoms with E-state index in [1.54, 1.807) is 24.3 Å². The Bertz CT molecular complexity index is 1060. The van der Waals surface area contributed by atoms with Gasteiger partial charge in [0.25, 0.3) is 11.7 Å². The minimum Gasteiger partial charge on any atom is -0.507 e. The molecule has 4 rings (SSSR count). The molecule has 1 unspecified atom stereocenters. The van der Waals surface area contributed by atoms with Gasteiger partial charge in [0.2, 0.25) is 0 Å². The number of aliphatic hydroxyl groups excluding tert-OH is 1. The van der Waals surface area contributed by atoms with Crippen LogP contribution in [-0.4, -0.2) is 26.7 Å². The molecule has 0 saturated carbocycles. The first kappa shape index (κ1) is 18.2. The number of ketones is 1. The minimum atomic E-state index is -0.740. The molecular formula is C21H15BrN2O4. The van der Waals surface area contributed by atoms with Gasteiger partial charge in [-0.1, -0.05) is 28.1 Å². The second-order valence-electron chi connectivity index (χ2n) is 6.30. The van der Waals surface area contributed by atoms with Crippen molar-refractivity contribution in [2.75, 3.05) is 0 Å². The predicted octanol–water partition coefficient (Wildman–Crippen LogP) is 4.06. The average Bonchev–Trinajstić information content (AvgIpc) is 3.30. The van der Waals surface area contributed by atoms with Crippen molar-refractivity contribution in [3.05, 3.63) is 94.1 Å². The zero-order chi connectivity index (χ0) is 19.7. The number of hydrogen-bond acceptors (Lipinski definition) is 5. The third kappa shape index (κ3) is 3.25. The van der Waals surface area contributed by atoms with Gasteiger partial charge in [0, 0.05) is 22.4 Å². The summed E-state index contributed by atoms with van der Waals surface area (Å²) in [6.07, 6.45) is 4.54. The molecule has 6 nitrogen and oxygen atoms in total. The summed E-state index contributed by atoms with van der Waals surface area (Å²) < 4.78 is 6.17. The van der Waals surface area contributed by atoms with E-state index < -0.39 is 17.7 Å². The molecule has 0 bridgehead atoms. The number of rotatable bonds is 4. The van der Waals surface area contributed by atoms with Crippen molar-refractivity contribution in [2.45, 2.75) is 12.6 Å². The molecule has 1 amide bonds. The zero-order valence-corrected chi connectivity index (χ0v) is 16.2. The number of carbonyl (C=O) groups is 2. The molecule has 28 heavy (non-hydrogen) atoms. The lowest BCUT2D eigenvalue weighted by molar-refractivity contribution is -0.140. The standard InChI is InChI=1S/C21H15BrN2O4/c22-15-4-1-3-14(11-15)18-17(19(25)13-6-8-23-9-7-13)20(26)21(27)24(18)12-16-5-2-10-28-16/h1-11,18,25H,12H2/b19-17+. The molecular weight excluding hydrogens is 424 g/mol. The summed E-state index contributed by atoms with van der Waals surface area (Å²) in [5, 5.41) is 10.9. The number of amides is 1. The van der Waals surface area contributed by atoms with Crippen LogP contribution in [0.2, 0.25) is 0 Å².